The zero-order valence-electron chi connectivity index (χ0n) is 12.8. The van der Waals surface area contributed by atoms with Gasteiger partial charge in [-0.2, -0.15) is 0 Å². The molecule has 19 heavy (non-hydrogen) atoms. The summed E-state index contributed by atoms with van der Waals surface area (Å²) in [7, 11) is 0. The highest BCUT2D eigenvalue weighted by Gasteiger charge is 1.92. The topological polar surface area (TPSA) is 48.8 Å². The molecule has 0 aliphatic carbocycles. The summed E-state index contributed by atoms with van der Waals surface area (Å²) in [6.45, 7) is 9.06. The molecule has 0 saturated heterocycles. The zero-order chi connectivity index (χ0) is 14.5. The SMILES string of the molecule is CC/C=C(\C)CC/C=C(\C)CC/C=C(/C)CN=[N+]=[N-]. The van der Waals surface area contributed by atoms with Crippen LogP contribution in [0.1, 0.15) is 59.8 Å². The van der Waals surface area contributed by atoms with Gasteiger partial charge in [0.05, 0.1) is 0 Å². The van der Waals surface area contributed by atoms with E-state index in [0.29, 0.717) is 6.54 Å². The molecule has 0 unspecified atom stereocenters. The van der Waals surface area contributed by atoms with E-state index >= 15 is 0 Å². The van der Waals surface area contributed by atoms with Crippen molar-refractivity contribution in [3.05, 3.63) is 45.4 Å². The first-order valence-electron chi connectivity index (χ1n) is 7.07. The molecule has 0 aromatic heterocycles. The van der Waals surface area contributed by atoms with Crippen LogP contribution in [0.25, 0.3) is 10.4 Å². The molecule has 0 heterocycles. The van der Waals surface area contributed by atoms with Gasteiger partial charge in [0.15, 0.2) is 0 Å². The number of rotatable bonds is 9. The van der Waals surface area contributed by atoms with E-state index in [4.69, 9.17) is 5.53 Å². The van der Waals surface area contributed by atoms with Crippen molar-refractivity contribution >= 4 is 0 Å². The lowest BCUT2D eigenvalue weighted by Gasteiger charge is -2.01. The fourth-order valence-electron chi connectivity index (χ4n) is 1.85. The van der Waals surface area contributed by atoms with E-state index in [1.807, 2.05) is 6.92 Å². The summed E-state index contributed by atoms with van der Waals surface area (Å²) in [5, 5.41) is 3.55. The smallest absolute Gasteiger partial charge is 0.0467 e. The van der Waals surface area contributed by atoms with Crippen molar-refractivity contribution in [2.45, 2.75) is 59.8 Å². The van der Waals surface area contributed by atoms with Gasteiger partial charge in [-0.05, 0) is 58.4 Å². The predicted molar refractivity (Wildman–Crippen MR) is 84.0 cm³/mol. The summed E-state index contributed by atoms with van der Waals surface area (Å²) >= 11 is 0. The van der Waals surface area contributed by atoms with Crippen LogP contribution in [0.15, 0.2) is 40.1 Å². The first-order chi connectivity index (χ1) is 9.10. The van der Waals surface area contributed by atoms with Gasteiger partial charge in [-0.25, -0.2) is 0 Å². The van der Waals surface area contributed by atoms with Gasteiger partial charge in [0.2, 0.25) is 0 Å². The second kappa shape index (κ2) is 11.6. The zero-order valence-corrected chi connectivity index (χ0v) is 12.8. The van der Waals surface area contributed by atoms with Gasteiger partial charge < -0.3 is 0 Å². The highest BCUT2D eigenvalue weighted by molar-refractivity contribution is 5.06. The van der Waals surface area contributed by atoms with Crippen LogP contribution in [0.5, 0.6) is 0 Å². The van der Waals surface area contributed by atoms with Crippen LogP contribution in [0, 0.1) is 0 Å². The molecule has 0 aliphatic heterocycles. The minimum absolute atomic E-state index is 0.486. The van der Waals surface area contributed by atoms with E-state index in [-0.39, 0.29) is 0 Å². The molecule has 0 atom stereocenters. The van der Waals surface area contributed by atoms with E-state index in [2.05, 4.69) is 49.0 Å². The van der Waals surface area contributed by atoms with E-state index in [0.717, 1.165) is 37.7 Å². The van der Waals surface area contributed by atoms with Crippen molar-refractivity contribution in [3.8, 4) is 0 Å². The molecule has 0 amide bonds. The summed E-state index contributed by atoms with van der Waals surface area (Å²) in [5.41, 5.74) is 12.3. The maximum atomic E-state index is 8.23. The van der Waals surface area contributed by atoms with E-state index in [1.165, 1.54) is 11.1 Å². The lowest BCUT2D eigenvalue weighted by Crippen LogP contribution is -1.83. The number of allylic oxidation sites excluding steroid dienone is 5. The van der Waals surface area contributed by atoms with Crippen molar-refractivity contribution in [2.24, 2.45) is 5.11 Å². The van der Waals surface area contributed by atoms with Crippen molar-refractivity contribution in [3.63, 3.8) is 0 Å². The normalized spacial score (nSPS) is 13.4. The molecule has 0 saturated carbocycles. The van der Waals surface area contributed by atoms with Crippen molar-refractivity contribution < 1.29 is 0 Å². The van der Waals surface area contributed by atoms with Gasteiger partial charge in [-0.1, -0.05) is 47.0 Å². The summed E-state index contributed by atoms with van der Waals surface area (Å²) in [6, 6.07) is 0. The average Bonchev–Trinajstić information content (AvgIpc) is 2.36. The average molecular weight is 261 g/mol. The largest absolute Gasteiger partial charge is 0.0896 e. The monoisotopic (exact) mass is 261 g/mol. The van der Waals surface area contributed by atoms with Crippen LogP contribution in [0.4, 0.5) is 0 Å². The summed E-state index contributed by atoms with van der Waals surface area (Å²) < 4.78 is 0. The third kappa shape index (κ3) is 11.4. The van der Waals surface area contributed by atoms with Crippen LogP contribution in [-0.2, 0) is 0 Å². The van der Waals surface area contributed by atoms with Gasteiger partial charge in [0.25, 0.3) is 0 Å². The van der Waals surface area contributed by atoms with Crippen molar-refractivity contribution in [1.82, 2.24) is 0 Å². The fourth-order valence-corrected chi connectivity index (χ4v) is 1.85. The Balaban J connectivity index is 3.94. The molecule has 106 valence electrons. The van der Waals surface area contributed by atoms with Gasteiger partial charge in [0.1, 0.15) is 0 Å². The van der Waals surface area contributed by atoms with Gasteiger partial charge in [0, 0.05) is 11.5 Å². The maximum Gasteiger partial charge on any atom is 0.0467 e. The molecular weight excluding hydrogens is 234 g/mol. The van der Waals surface area contributed by atoms with Gasteiger partial charge in [-0.3, -0.25) is 0 Å². The molecule has 0 bridgehead atoms. The Labute approximate surface area is 117 Å². The van der Waals surface area contributed by atoms with Crippen molar-refractivity contribution in [2.75, 3.05) is 6.54 Å². The first-order valence-corrected chi connectivity index (χ1v) is 7.07. The summed E-state index contributed by atoms with van der Waals surface area (Å²) in [6.07, 6.45) is 12.3. The molecule has 0 aromatic carbocycles. The first kappa shape index (κ1) is 17.5. The van der Waals surface area contributed by atoms with E-state index in [9.17, 15) is 0 Å². The predicted octanol–water partition coefficient (Wildman–Crippen LogP) is 6.11. The molecular formula is C16H27N3. The number of nitrogens with zero attached hydrogens (tertiary/aromatic N) is 3. The Morgan fingerprint density at radius 1 is 0.947 bits per heavy atom. The third-order valence-electron chi connectivity index (χ3n) is 3.00. The Bertz CT molecular complexity index is 383. The van der Waals surface area contributed by atoms with Gasteiger partial charge >= 0.3 is 0 Å². The molecule has 0 aromatic rings. The van der Waals surface area contributed by atoms with Crippen LogP contribution >= 0.6 is 0 Å². The molecule has 0 spiro atoms. The minimum atomic E-state index is 0.486. The second-order valence-electron chi connectivity index (χ2n) is 5.03. The van der Waals surface area contributed by atoms with Crippen LogP contribution in [-0.4, -0.2) is 6.54 Å². The second-order valence-corrected chi connectivity index (χ2v) is 5.03. The Hall–Kier alpha value is -1.47. The molecule has 3 heteroatoms. The Morgan fingerprint density at radius 2 is 1.47 bits per heavy atom. The third-order valence-corrected chi connectivity index (χ3v) is 3.00. The molecule has 0 aliphatic rings. The standard InChI is InChI=1S/C16H27N3/c1-5-8-14(2)9-6-10-15(3)11-7-12-16(4)13-18-19-17/h8,10,12H,5-7,9,11,13H2,1-4H3/b14-8+,15-10+,16-12-. The lowest BCUT2D eigenvalue weighted by molar-refractivity contribution is 0.910. The van der Waals surface area contributed by atoms with E-state index < -0.39 is 0 Å². The maximum absolute atomic E-state index is 8.23. The van der Waals surface area contributed by atoms with Crippen LogP contribution < -0.4 is 0 Å². The summed E-state index contributed by atoms with van der Waals surface area (Å²) in [5.74, 6) is 0. The molecule has 3 nitrogen and oxygen atoms in total. The highest BCUT2D eigenvalue weighted by atomic mass is 15.1. The minimum Gasteiger partial charge on any atom is -0.0896 e. The molecule has 0 radical (unpaired) electrons. The van der Waals surface area contributed by atoms with Gasteiger partial charge in [-0.15, -0.1) is 0 Å². The van der Waals surface area contributed by atoms with Crippen molar-refractivity contribution in [1.29, 1.82) is 0 Å². The Kier molecular flexibility index (Phi) is 10.7. The summed E-state index contributed by atoms with van der Waals surface area (Å²) in [4.78, 5) is 2.76. The quantitative estimate of drug-likeness (QED) is 0.208. The molecule has 0 N–H and O–H groups in total. The highest BCUT2D eigenvalue weighted by Crippen LogP contribution is 2.11. The lowest BCUT2D eigenvalue weighted by atomic mass is 10.1. The number of hydrogen-bond acceptors (Lipinski definition) is 1. The Morgan fingerprint density at radius 3 is 2.00 bits per heavy atom. The fraction of sp³-hybridized carbons (Fsp3) is 0.625. The van der Waals surface area contributed by atoms with Crippen LogP contribution in [0.2, 0.25) is 0 Å². The number of hydrogen-bond donors (Lipinski definition) is 0. The molecule has 0 fully saturated rings. The molecule has 0 rings (SSSR count). The number of azide groups is 1. The van der Waals surface area contributed by atoms with Crippen LogP contribution in [0.3, 0.4) is 0 Å². The van der Waals surface area contributed by atoms with E-state index in [1.54, 1.807) is 0 Å².